The molecule has 0 saturated heterocycles. The monoisotopic (exact) mass is 483 g/mol. The molecule has 1 atom stereocenters. The third-order valence-electron chi connectivity index (χ3n) is 6.65. The van der Waals surface area contributed by atoms with Crippen LogP contribution in [0.5, 0.6) is 5.75 Å². The Morgan fingerprint density at radius 1 is 1.03 bits per heavy atom. The summed E-state index contributed by atoms with van der Waals surface area (Å²) in [4.78, 5) is 38.5. The van der Waals surface area contributed by atoms with Crippen LogP contribution in [0.1, 0.15) is 58.5 Å². The fourth-order valence-corrected chi connectivity index (χ4v) is 4.52. The van der Waals surface area contributed by atoms with Crippen LogP contribution in [-0.2, 0) is 26.1 Å². The maximum absolute atomic E-state index is 13.1. The lowest BCUT2D eigenvalue weighted by Crippen LogP contribution is -2.42. The van der Waals surface area contributed by atoms with Gasteiger partial charge in [-0.2, -0.15) is 0 Å². The van der Waals surface area contributed by atoms with Gasteiger partial charge in [-0.05, 0) is 74.2 Å². The van der Waals surface area contributed by atoms with E-state index in [1.54, 1.807) is 18.2 Å². The number of carbonyl (C=O) groups excluding carboxylic acids is 3. The van der Waals surface area contributed by atoms with Crippen LogP contribution in [0.3, 0.4) is 0 Å². The molecule has 1 unspecified atom stereocenters. The second-order valence-corrected chi connectivity index (χ2v) is 9.04. The summed E-state index contributed by atoms with van der Waals surface area (Å²) in [7, 11) is 6.34. The molecule has 0 saturated carbocycles. The van der Waals surface area contributed by atoms with Crippen molar-refractivity contribution in [1.82, 2.24) is 4.90 Å². The van der Waals surface area contributed by atoms with Crippen LogP contribution in [0.4, 0.5) is 0 Å². The third kappa shape index (κ3) is 6.69. The van der Waals surface area contributed by atoms with E-state index in [9.17, 15) is 14.4 Å². The van der Waals surface area contributed by atoms with Crippen molar-refractivity contribution in [2.24, 2.45) is 5.92 Å². The Morgan fingerprint density at radius 2 is 1.77 bits per heavy atom. The SMILES string of the molecule is COC(=O)c1cccc(CCN(C)CCCC(C(=O)OC)(c2ccc(C=O)c(OC)c2)C(C)C)c1. The quantitative estimate of drug-likeness (QED) is 0.310. The van der Waals surface area contributed by atoms with Crippen LogP contribution < -0.4 is 4.74 Å². The van der Waals surface area contributed by atoms with Crippen LogP contribution in [0.15, 0.2) is 42.5 Å². The van der Waals surface area contributed by atoms with Crippen molar-refractivity contribution < 1.29 is 28.6 Å². The number of hydrogen-bond acceptors (Lipinski definition) is 7. The Morgan fingerprint density at radius 3 is 2.37 bits per heavy atom. The van der Waals surface area contributed by atoms with Crippen LogP contribution in [0.25, 0.3) is 0 Å². The summed E-state index contributed by atoms with van der Waals surface area (Å²) in [6, 6.07) is 12.7. The summed E-state index contributed by atoms with van der Waals surface area (Å²) in [6.07, 6.45) is 2.89. The number of hydrogen-bond donors (Lipinski definition) is 0. The van der Waals surface area contributed by atoms with Crippen molar-refractivity contribution in [3.8, 4) is 5.75 Å². The largest absolute Gasteiger partial charge is 0.496 e. The van der Waals surface area contributed by atoms with Gasteiger partial charge in [0.05, 0.1) is 37.9 Å². The standard InChI is InChI=1S/C28H37NO6/c1-20(2)28(27(32)35-6,24-12-11-23(19-30)25(18-24)33-4)14-8-15-29(3)16-13-21-9-7-10-22(17-21)26(31)34-5/h7,9-12,17-20H,8,13-16H2,1-6H3. The maximum Gasteiger partial charge on any atom is 0.337 e. The first-order valence-corrected chi connectivity index (χ1v) is 11.8. The summed E-state index contributed by atoms with van der Waals surface area (Å²) < 4.78 is 15.5. The molecule has 0 aliphatic carbocycles. The van der Waals surface area contributed by atoms with Gasteiger partial charge in [-0.3, -0.25) is 9.59 Å². The first-order valence-electron chi connectivity index (χ1n) is 11.8. The van der Waals surface area contributed by atoms with E-state index in [1.165, 1.54) is 21.3 Å². The zero-order chi connectivity index (χ0) is 26.0. The van der Waals surface area contributed by atoms with E-state index in [-0.39, 0.29) is 17.9 Å². The predicted octanol–water partition coefficient (Wildman–Crippen LogP) is 4.32. The highest BCUT2D eigenvalue weighted by Gasteiger charge is 2.44. The molecule has 0 fully saturated rings. The third-order valence-corrected chi connectivity index (χ3v) is 6.65. The van der Waals surface area contributed by atoms with E-state index in [4.69, 9.17) is 14.2 Å². The summed E-state index contributed by atoms with van der Waals surface area (Å²) in [6.45, 7) is 5.61. The second kappa shape index (κ2) is 13.0. The zero-order valence-electron chi connectivity index (χ0n) is 21.6. The van der Waals surface area contributed by atoms with Crippen molar-refractivity contribution in [1.29, 1.82) is 0 Å². The molecule has 7 nitrogen and oxygen atoms in total. The second-order valence-electron chi connectivity index (χ2n) is 9.04. The van der Waals surface area contributed by atoms with E-state index in [2.05, 4.69) is 4.90 Å². The van der Waals surface area contributed by atoms with Gasteiger partial charge < -0.3 is 19.1 Å². The molecule has 0 radical (unpaired) electrons. The van der Waals surface area contributed by atoms with Gasteiger partial charge in [0, 0.05) is 6.54 Å². The normalized spacial score (nSPS) is 12.8. The summed E-state index contributed by atoms with van der Waals surface area (Å²) in [5.74, 6) is -0.229. The minimum atomic E-state index is -0.862. The lowest BCUT2D eigenvalue weighted by Gasteiger charge is -2.36. The van der Waals surface area contributed by atoms with Gasteiger partial charge in [-0.1, -0.05) is 32.0 Å². The Labute approximate surface area is 208 Å². The molecule has 0 aliphatic rings. The van der Waals surface area contributed by atoms with Crippen LogP contribution in [-0.4, -0.2) is 64.6 Å². The molecule has 0 aliphatic heterocycles. The Bertz CT molecular complexity index is 1020. The number of methoxy groups -OCH3 is 3. The van der Waals surface area contributed by atoms with Crippen LogP contribution in [0, 0.1) is 5.92 Å². The van der Waals surface area contributed by atoms with Gasteiger partial charge in [-0.25, -0.2) is 4.79 Å². The topological polar surface area (TPSA) is 82.1 Å². The lowest BCUT2D eigenvalue weighted by molar-refractivity contribution is -0.150. The van der Waals surface area contributed by atoms with Crippen molar-refractivity contribution in [3.63, 3.8) is 0 Å². The molecule has 2 aromatic rings. The van der Waals surface area contributed by atoms with Gasteiger partial charge in [0.15, 0.2) is 6.29 Å². The van der Waals surface area contributed by atoms with E-state index in [0.29, 0.717) is 23.3 Å². The molecule has 0 bridgehead atoms. The van der Waals surface area contributed by atoms with Gasteiger partial charge >= 0.3 is 11.9 Å². The Hall–Kier alpha value is -3.19. The average Bonchev–Trinajstić information content (AvgIpc) is 2.88. The minimum Gasteiger partial charge on any atom is -0.496 e. The van der Waals surface area contributed by atoms with Crippen molar-refractivity contribution in [2.75, 3.05) is 41.5 Å². The number of benzene rings is 2. The van der Waals surface area contributed by atoms with Crippen molar-refractivity contribution >= 4 is 18.2 Å². The highest BCUT2D eigenvalue weighted by molar-refractivity contribution is 5.89. The summed E-state index contributed by atoms with van der Waals surface area (Å²) >= 11 is 0. The van der Waals surface area contributed by atoms with E-state index in [1.807, 2.05) is 45.2 Å². The lowest BCUT2D eigenvalue weighted by atomic mass is 9.68. The molecule has 0 amide bonds. The molecular weight excluding hydrogens is 446 g/mol. The van der Waals surface area contributed by atoms with Gasteiger partial charge in [0.25, 0.3) is 0 Å². The number of carbonyl (C=O) groups is 3. The number of aldehydes is 1. The van der Waals surface area contributed by atoms with Gasteiger partial charge in [0.2, 0.25) is 0 Å². The summed E-state index contributed by atoms with van der Waals surface area (Å²) in [5, 5.41) is 0. The first-order chi connectivity index (χ1) is 16.7. The van der Waals surface area contributed by atoms with E-state index < -0.39 is 5.41 Å². The van der Waals surface area contributed by atoms with E-state index >= 15 is 0 Å². The zero-order valence-corrected chi connectivity index (χ0v) is 21.6. The fourth-order valence-electron chi connectivity index (χ4n) is 4.52. The summed E-state index contributed by atoms with van der Waals surface area (Å²) in [5.41, 5.74) is 1.97. The smallest absolute Gasteiger partial charge is 0.337 e. The van der Waals surface area contributed by atoms with Crippen LogP contribution in [0.2, 0.25) is 0 Å². The number of ether oxygens (including phenoxy) is 3. The number of rotatable bonds is 13. The molecule has 0 spiro atoms. The fraction of sp³-hybridized carbons (Fsp3) is 0.464. The Balaban J connectivity index is 2.13. The molecule has 0 aromatic heterocycles. The van der Waals surface area contributed by atoms with Crippen LogP contribution >= 0.6 is 0 Å². The molecule has 0 heterocycles. The van der Waals surface area contributed by atoms with Crippen molar-refractivity contribution in [2.45, 2.75) is 38.5 Å². The molecule has 35 heavy (non-hydrogen) atoms. The number of likely N-dealkylation sites (N-methyl/N-ethyl adjacent to an activating group) is 1. The molecule has 190 valence electrons. The van der Waals surface area contributed by atoms with Gasteiger partial charge in [0.1, 0.15) is 5.75 Å². The van der Waals surface area contributed by atoms with E-state index in [0.717, 1.165) is 43.3 Å². The molecule has 7 heteroatoms. The predicted molar refractivity (Wildman–Crippen MR) is 135 cm³/mol. The highest BCUT2D eigenvalue weighted by Crippen LogP contribution is 2.40. The van der Waals surface area contributed by atoms with Gasteiger partial charge in [-0.15, -0.1) is 0 Å². The Kier molecular flexibility index (Phi) is 10.5. The molecule has 0 N–H and O–H groups in total. The maximum atomic E-state index is 13.1. The highest BCUT2D eigenvalue weighted by atomic mass is 16.5. The first kappa shape index (κ1) is 28.1. The average molecular weight is 484 g/mol. The molecule has 2 rings (SSSR count). The van der Waals surface area contributed by atoms with Crippen molar-refractivity contribution in [3.05, 3.63) is 64.7 Å². The minimum absolute atomic E-state index is 0.0342. The number of nitrogens with zero attached hydrogens (tertiary/aromatic N) is 1. The molecular formula is C28H37NO6. The number of esters is 2. The molecule has 2 aromatic carbocycles.